The van der Waals surface area contributed by atoms with Crippen LogP contribution in [0.2, 0.25) is 0 Å². The lowest BCUT2D eigenvalue weighted by atomic mass is 9.99. The van der Waals surface area contributed by atoms with Crippen LogP contribution in [-0.2, 0) is 17.7 Å². The van der Waals surface area contributed by atoms with E-state index >= 15 is 0 Å². The molecule has 88 valence electrons. The van der Waals surface area contributed by atoms with Crippen molar-refractivity contribution in [3.05, 3.63) is 28.8 Å². The highest BCUT2D eigenvalue weighted by Gasteiger charge is 2.22. The van der Waals surface area contributed by atoms with E-state index in [1.54, 1.807) is 0 Å². The Kier molecular flexibility index (Phi) is 3.36. The molecule has 0 amide bonds. The van der Waals surface area contributed by atoms with Crippen molar-refractivity contribution in [2.45, 2.75) is 19.3 Å². The smallest absolute Gasteiger partial charge is 0.133 e. The fourth-order valence-electron chi connectivity index (χ4n) is 1.91. The average Bonchev–Trinajstić information content (AvgIpc) is 2.29. The molecule has 1 aromatic carbocycles. The number of ether oxygens (including phenoxy) is 1. The van der Waals surface area contributed by atoms with Crippen molar-refractivity contribution in [3.63, 3.8) is 0 Å². The Morgan fingerprint density at radius 2 is 2.19 bits per heavy atom. The van der Waals surface area contributed by atoms with Crippen LogP contribution >= 0.6 is 0 Å². The number of nitrogens with two attached hydrogens (primary N) is 1. The summed E-state index contributed by atoms with van der Waals surface area (Å²) in [5, 5.41) is 0. The minimum absolute atomic E-state index is 0.179. The molecule has 0 fully saturated rings. The van der Waals surface area contributed by atoms with Gasteiger partial charge in [-0.3, -0.25) is 0 Å². The van der Waals surface area contributed by atoms with E-state index in [2.05, 4.69) is 4.84 Å². The molecule has 0 atom stereocenters. The molecule has 0 bridgehead atoms. The van der Waals surface area contributed by atoms with Crippen LogP contribution in [0.4, 0.5) is 8.78 Å². The monoisotopic (exact) mass is 229 g/mol. The van der Waals surface area contributed by atoms with Crippen LogP contribution in [0.3, 0.4) is 0 Å². The minimum Gasteiger partial charge on any atom is -0.493 e. The summed E-state index contributed by atoms with van der Waals surface area (Å²) in [4.78, 5) is 4.41. The molecule has 0 spiro atoms. The Morgan fingerprint density at radius 1 is 1.38 bits per heavy atom. The Labute approximate surface area is 92.1 Å². The third-order valence-electron chi connectivity index (χ3n) is 2.67. The van der Waals surface area contributed by atoms with Crippen molar-refractivity contribution in [1.29, 1.82) is 0 Å². The van der Waals surface area contributed by atoms with Gasteiger partial charge in [0, 0.05) is 23.6 Å². The number of fused-ring (bicyclic) bond motifs is 1. The van der Waals surface area contributed by atoms with E-state index in [0.29, 0.717) is 29.9 Å². The van der Waals surface area contributed by atoms with Crippen LogP contribution < -0.4 is 10.6 Å². The zero-order chi connectivity index (χ0) is 11.5. The molecule has 16 heavy (non-hydrogen) atoms. The quantitative estimate of drug-likeness (QED) is 0.803. The second-order valence-corrected chi connectivity index (χ2v) is 3.70. The van der Waals surface area contributed by atoms with Gasteiger partial charge in [0.2, 0.25) is 0 Å². The zero-order valence-corrected chi connectivity index (χ0v) is 8.76. The molecule has 0 radical (unpaired) electrons. The fraction of sp³-hybridized carbons (Fsp3) is 0.455. The normalized spacial score (nSPS) is 14.4. The summed E-state index contributed by atoms with van der Waals surface area (Å²) in [5.41, 5.74) is 0.807. The number of rotatable bonds is 3. The van der Waals surface area contributed by atoms with E-state index in [1.807, 2.05) is 0 Å². The van der Waals surface area contributed by atoms with Crippen molar-refractivity contribution < 1.29 is 18.4 Å². The van der Waals surface area contributed by atoms with E-state index in [9.17, 15) is 8.78 Å². The molecule has 2 rings (SSSR count). The Bertz CT molecular complexity index is 396. The first kappa shape index (κ1) is 11.3. The van der Waals surface area contributed by atoms with Crippen molar-refractivity contribution >= 4 is 0 Å². The molecule has 5 heteroatoms. The molecule has 3 nitrogen and oxygen atoms in total. The second kappa shape index (κ2) is 4.76. The first-order chi connectivity index (χ1) is 7.74. The van der Waals surface area contributed by atoms with E-state index in [1.165, 1.54) is 0 Å². The number of benzene rings is 1. The van der Waals surface area contributed by atoms with Gasteiger partial charge in [-0.2, -0.15) is 0 Å². The van der Waals surface area contributed by atoms with Crippen LogP contribution in [0.5, 0.6) is 5.75 Å². The van der Waals surface area contributed by atoms with Gasteiger partial charge in [-0.05, 0) is 12.8 Å². The lowest BCUT2D eigenvalue weighted by Gasteiger charge is -2.21. The maximum absolute atomic E-state index is 13.5. The summed E-state index contributed by atoms with van der Waals surface area (Å²) < 4.78 is 32.3. The Hall–Kier alpha value is -1.20. The predicted octanol–water partition coefficient (Wildman–Crippen LogP) is 1.72. The van der Waals surface area contributed by atoms with Gasteiger partial charge in [-0.25, -0.2) is 14.7 Å². The van der Waals surface area contributed by atoms with Crippen LogP contribution in [0.15, 0.2) is 6.07 Å². The van der Waals surface area contributed by atoms with Crippen LogP contribution in [0.25, 0.3) is 0 Å². The van der Waals surface area contributed by atoms with Gasteiger partial charge in [0.25, 0.3) is 0 Å². The van der Waals surface area contributed by atoms with Crippen molar-refractivity contribution in [2.75, 3.05) is 13.2 Å². The molecular weight excluding hydrogens is 216 g/mol. The van der Waals surface area contributed by atoms with Crippen LogP contribution in [0, 0.1) is 11.6 Å². The Morgan fingerprint density at radius 3 is 2.94 bits per heavy atom. The Balaban J connectivity index is 2.41. The summed E-state index contributed by atoms with van der Waals surface area (Å²) >= 11 is 0. The number of hydrogen-bond acceptors (Lipinski definition) is 3. The van der Waals surface area contributed by atoms with Gasteiger partial charge in [-0.15, -0.1) is 0 Å². The van der Waals surface area contributed by atoms with Crippen molar-refractivity contribution in [1.82, 2.24) is 0 Å². The highest BCUT2D eigenvalue weighted by Crippen LogP contribution is 2.33. The van der Waals surface area contributed by atoms with Gasteiger partial charge in [0.1, 0.15) is 17.4 Å². The molecule has 0 saturated heterocycles. The minimum atomic E-state index is -0.602. The van der Waals surface area contributed by atoms with Crippen LogP contribution in [-0.4, -0.2) is 13.2 Å². The largest absolute Gasteiger partial charge is 0.493 e. The SMILES string of the molecule is NOCCc1c(F)cc(F)c2c1OCCC2. The molecular formula is C11H13F2NO2. The second-order valence-electron chi connectivity index (χ2n) is 3.70. The molecule has 2 N–H and O–H groups in total. The molecule has 0 aliphatic carbocycles. The molecule has 1 aliphatic heterocycles. The van der Waals surface area contributed by atoms with Crippen molar-refractivity contribution in [2.24, 2.45) is 5.90 Å². The van der Waals surface area contributed by atoms with E-state index < -0.39 is 11.6 Å². The maximum Gasteiger partial charge on any atom is 0.133 e. The average molecular weight is 229 g/mol. The molecule has 0 saturated carbocycles. The highest BCUT2D eigenvalue weighted by atomic mass is 19.1. The molecule has 0 aromatic heterocycles. The fourth-order valence-corrected chi connectivity index (χ4v) is 1.91. The van der Waals surface area contributed by atoms with E-state index in [4.69, 9.17) is 10.6 Å². The number of hydrogen-bond donors (Lipinski definition) is 1. The standard InChI is InChI=1S/C11H13F2NO2/c12-9-6-10(13)8(3-5-16-14)11-7(9)2-1-4-15-11/h6H,1-5,14H2. The van der Waals surface area contributed by atoms with E-state index in [-0.39, 0.29) is 13.0 Å². The lowest BCUT2D eigenvalue weighted by molar-refractivity contribution is 0.139. The first-order valence-corrected chi connectivity index (χ1v) is 5.18. The van der Waals surface area contributed by atoms with Gasteiger partial charge in [0.05, 0.1) is 13.2 Å². The maximum atomic E-state index is 13.5. The number of halogens is 2. The molecule has 0 unspecified atom stereocenters. The molecule has 1 aliphatic rings. The summed E-state index contributed by atoms with van der Waals surface area (Å²) in [6, 6.07) is 0.902. The first-order valence-electron chi connectivity index (χ1n) is 5.18. The van der Waals surface area contributed by atoms with Gasteiger partial charge in [0.15, 0.2) is 0 Å². The summed E-state index contributed by atoms with van der Waals surface area (Å²) in [6.07, 6.45) is 1.62. The summed E-state index contributed by atoms with van der Waals surface area (Å²) in [7, 11) is 0. The van der Waals surface area contributed by atoms with Gasteiger partial charge >= 0.3 is 0 Å². The third kappa shape index (κ3) is 2.01. The molecule has 1 heterocycles. The zero-order valence-electron chi connectivity index (χ0n) is 8.76. The highest BCUT2D eigenvalue weighted by molar-refractivity contribution is 5.44. The molecule has 1 aromatic rings. The van der Waals surface area contributed by atoms with Gasteiger partial charge < -0.3 is 9.57 Å². The lowest BCUT2D eigenvalue weighted by Crippen LogP contribution is -2.15. The van der Waals surface area contributed by atoms with Crippen molar-refractivity contribution in [3.8, 4) is 5.75 Å². The summed E-state index contributed by atoms with van der Waals surface area (Å²) in [6.45, 7) is 0.671. The van der Waals surface area contributed by atoms with Gasteiger partial charge in [-0.1, -0.05) is 0 Å². The third-order valence-corrected chi connectivity index (χ3v) is 2.67. The van der Waals surface area contributed by atoms with E-state index in [0.717, 1.165) is 12.5 Å². The topological polar surface area (TPSA) is 44.5 Å². The summed E-state index contributed by atoms with van der Waals surface area (Å²) in [5.74, 6) is 4.09. The van der Waals surface area contributed by atoms with Crippen LogP contribution in [0.1, 0.15) is 17.5 Å². The predicted molar refractivity (Wildman–Crippen MR) is 54.0 cm³/mol.